The molecule has 0 heterocycles. The van der Waals surface area contributed by atoms with Crippen LogP contribution in [0, 0.1) is 27.7 Å². The summed E-state index contributed by atoms with van der Waals surface area (Å²) in [6.07, 6.45) is 1.36. The van der Waals surface area contributed by atoms with Crippen LogP contribution in [0.15, 0.2) is 70.7 Å². The highest BCUT2D eigenvalue weighted by molar-refractivity contribution is 7.89. The molecule has 36 heavy (non-hydrogen) atoms. The SMILES string of the molecule is Cc1ccc(CN(CC(=O)N/N=C/c2ccc(C(=O)O)cc2)S(=O)(=O)c2c(C)cc(C)cc2C)cc1. The first-order valence-corrected chi connectivity index (χ1v) is 12.7. The summed E-state index contributed by atoms with van der Waals surface area (Å²) >= 11 is 0. The molecular formula is C27H29N3O5S. The fourth-order valence-electron chi connectivity index (χ4n) is 3.91. The zero-order valence-electron chi connectivity index (χ0n) is 20.6. The zero-order chi connectivity index (χ0) is 26.5. The highest BCUT2D eigenvalue weighted by atomic mass is 32.2. The number of rotatable bonds is 9. The van der Waals surface area contributed by atoms with Gasteiger partial charge in [-0.15, -0.1) is 0 Å². The van der Waals surface area contributed by atoms with Crippen LogP contribution in [0.3, 0.4) is 0 Å². The molecule has 0 atom stereocenters. The summed E-state index contributed by atoms with van der Waals surface area (Å²) < 4.78 is 28.6. The molecule has 0 aliphatic carbocycles. The first-order valence-electron chi connectivity index (χ1n) is 11.3. The predicted octanol–water partition coefficient (Wildman–Crippen LogP) is 3.96. The third-order valence-electron chi connectivity index (χ3n) is 5.56. The minimum Gasteiger partial charge on any atom is -0.478 e. The van der Waals surface area contributed by atoms with Gasteiger partial charge in [0.1, 0.15) is 0 Å². The second kappa shape index (κ2) is 11.3. The number of amides is 1. The Labute approximate surface area is 211 Å². The first-order chi connectivity index (χ1) is 17.0. The number of carbonyl (C=O) groups is 2. The van der Waals surface area contributed by atoms with E-state index in [-0.39, 0.29) is 17.0 Å². The van der Waals surface area contributed by atoms with Gasteiger partial charge in [-0.2, -0.15) is 9.41 Å². The van der Waals surface area contributed by atoms with Crippen LogP contribution >= 0.6 is 0 Å². The molecule has 0 aromatic heterocycles. The average Bonchev–Trinajstić information content (AvgIpc) is 2.79. The van der Waals surface area contributed by atoms with Crippen LogP contribution in [0.2, 0.25) is 0 Å². The molecule has 3 rings (SSSR count). The molecule has 9 heteroatoms. The normalized spacial score (nSPS) is 11.7. The second-order valence-corrected chi connectivity index (χ2v) is 10.6. The van der Waals surface area contributed by atoms with Gasteiger partial charge < -0.3 is 5.11 Å². The highest BCUT2D eigenvalue weighted by Gasteiger charge is 2.30. The molecule has 0 saturated carbocycles. The van der Waals surface area contributed by atoms with Crippen molar-refractivity contribution in [3.63, 3.8) is 0 Å². The van der Waals surface area contributed by atoms with E-state index in [0.29, 0.717) is 16.7 Å². The number of carboxylic acids is 1. The lowest BCUT2D eigenvalue weighted by Crippen LogP contribution is -2.39. The van der Waals surface area contributed by atoms with Crippen molar-refractivity contribution in [3.05, 3.63) is 99.6 Å². The molecular weight excluding hydrogens is 478 g/mol. The quantitative estimate of drug-likeness (QED) is 0.336. The summed E-state index contributed by atoms with van der Waals surface area (Å²) in [7, 11) is -4.01. The van der Waals surface area contributed by atoms with Gasteiger partial charge in [0.2, 0.25) is 10.0 Å². The molecule has 3 aromatic rings. The zero-order valence-corrected chi connectivity index (χ0v) is 21.5. The lowest BCUT2D eigenvalue weighted by Gasteiger charge is -2.24. The number of sulfonamides is 1. The molecule has 0 radical (unpaired) electrons. The van der Waals surface area contributed by atoms with Crippen molar-refractivity contribution in [2.24, 2.45) is 5.10 Å². The van der Waals surface area contributed by atoms with E-state index in [0.717, 1.165) is 21.0 Å². The standard InChI is InChI=1S/C27H29N3O5S/c1-18-5-7-23(8-6-18)16-30(36(34,35)26-20(3)13-19(2)14-21(26)4)17-25(31)29-28-15-22-9-11-24(12-10-22)27(32)33/h5-15H,16-17H2,1-4H3,(H,29,31)(H,32,33)/b28-15+. The van der Waals surface area contributed by atoms with Crippen molar-refractivity contribution < 1.29 is 23.1 Å². The Morgan fingerprint density at radius 1 is 0.917 bits per heavy atom. The Morgan fingerprint density at radius 2 is 1.50 bits per heavy atom. The maximum atomic E-state index is 13.7. The molecule has 0 aliphatic rings. The van der Waals surface area contributed by atoms with Gasteiger partial charge in [0.25, 0.3) is 5.91 Å². The number of hydrazone groups is 1. The molecule has 2 N–H and O–H groups in total. The van der Waals surface area contributed by atoms with Crippen LogP contribution in [0.25, 0.3) is 0 Å². The molecule has 8 nitrogen and oxygen atoms in total. The fraction of sp³-hybridized carbons (Fsp3) is 0.222. The molecule has 0 fully saturated rings. The van der Waals surface area contributed by atoms with Crippen molar-refractivity contribution in [3.8, 4) is 0 Å². The summed E-state index contributed by atoms with van der Waals surface area (Å²) in [5.41, 5.74) is 7.06. The van der Waals surface area contributed by atoms with E-state index in [1.54, 1.807) is 26.0 Å². The number of hydrogen-bond donors (Lipinski definition) is 2. The Balaban J connectivity index is 1.84. The summed E-state index contributed by atoms with van der Waals surface area (Å²) in [5.74, 6) is -1.65. The number of aromatic carboxylic acids is 1. The van der Waals surface area contributed by atoms with Gasteiger partial charge in [-0.1, -0.05) is 59.7 Å². The van der Waals surface area contributed by atoms with Gasteiger partial charge in [-0.25, -0.2) is 18.6 Å². The molecule has 188 valence electrons. The van der Waals surface area contributed by atoms with Crippen molar-refractivity contribution in [2.45, 2.75) is 39.1 Å². The minimum atomic E-state index is -4.01. The van der Waals surface area contributed by atoms with E-state index in [4.69, 9.17) is 5.11 Å². The van der Waals surface area contributed by atoms with Crippen LogP contribution in [0.5, 0.6) is 0 Å². The van der Waals surface area contributed by atoms with Crippen LogP contribution in [0.4, 0.5) is 0 Å². The average molecular weight is 508 g/mol. The topological polar surface area (TPSA) is 116 Å². The summed E-state index contributed by atoms with van der Waals surface area (Å²) in [6, 6.07) is 17.0. The van der Waals surface area contributed by atoms with Crippen molar-refractivity contribution in [1.82, 2.24) is 9.73 Å². The van der Waals surface area contributed by atoms with E-state index in [9.17, 15) is 18.0 Å². The van der Waals surface area contributed by atoms with Crippen LogP contribution in [0.1, 0.15) is 43.7 Å². The number of carbonyl (C=O) groups excluding carboxylic acids is 1. The lowest BCUT2D eigenvalue weighted by atomic mass is 10.1. The van der Waals surface area contributed by atoms with Gasteiger partial charge in [-0.3, -0.25) is 4.79 Å². The maximum absolute atomic E-state index is 13.7. The van der Waals surface area contributed by atoms with Crippen molar-refractivity contribution in [1.29, 1.82) is 0 Å². The predicted molar refractivity (Wildman–Crippen MR) is 139 cm³/mol. The number of benzene rings is 3. The number of aryl methyl sites for hydroxylation is 4. The Bertz CT molecular complexity index is 1370. The van der Waals surface area contributed by atoms with Gasteiger partial charge >= 0.3 is 5.97 Å². The fourth-order valence-corrected chi connectivity index (χ4v) is 5.71. The third-order valence-corrected chi connectivity index (χ3v) is 7.66. The number of carboxylic acid groups (broad SMARTS) is 1. The highest BCUT2D eigenvalue weighted by Crippen LogP contribution is 2.26. The van der Waals surface area contributed by atoms with Gasteiger partial charge in [0, 0.05) is 6.54 Å². The van der Waals surface area contributed by atoms with E-state index < -0.39 is 28.4 Å². The van der Waals surface area contributed by atoms with E-state index in [2.05, 4.69) is 10.5 Å². The van der Waals surface area contributed by atoms with Gasteiger partial charge in [0.05, 0.1) is 23.2 Å². The molecule has 0 aliphatic heterocycles. The molecule has 0 spiro atoms. The van der Waals surface area contributed by atoms with E-state index in [1.165, 1.54) is 18.3 Å². The molecule has 3 aromatic carbocycles. The number of nitrogens with zero attached hydrogens (tertiary/aromatic N) is 2. The first kappa shape index (κ1) is 26.8. The lowest BCUT2D eigenvalue weighted by molar-refractivity contribution is -0.121. The molecule has 0 saturated heterocycles. The maximum Gasteiger partial charge on any atom is 0.335 e. The smallest absolute Gasteiger partial charge is 0.335 e. The summed E-state index contributed by atoms with van der Waals surface area (Å²) in [6.45, 7) is 6.92. The Kier molecular flexibility index (Phi) is 8.39. The Morgan fingerprint density at radius 3 is 2.06 bits per heavy atom. The summed E-state index contributed by atoms with van der Waals surface area (Å²) in [4.78, 5) is 23.9. The van der Waals surface area contributed by atoms with Gasteiger partial charge in [0.15, 0.2) is 0 Å². The van der Waals surface area contributed by atoms with E-state index in [1.807, 2.05) is 50.2 Å². The minimum absolute atomic E-state index is 0.0170. The Hall–Kier alpha value is -3.82. The van der Waals surface area contributed by atoms with Crippen molar-refractivity contribution >= 4 is 28.1 Å². The molecule has 0 bridgehead atoms. The third kappa shape index (κ3) is 6.65. The number of hydrogen-bond acceptors (Lipinski definition) is 5. The molecule has 0 unspecified atom stereocenters. The van der Waals surface area contributed by atoms with Crippen LogP contribution in [-0.4, -0.2) is 42.5 Å². The largest absolute Gasteiger partial charge is 0.478 e. The number of nitrogens with one attached hydrogen (secondary N) is 1. The van der Waals surface area contributed by atoms with Crippen molar-refractivity contribution in [2.75, 3.05) is 6.54 Å². The molecule has 1 amide bonds. The second-order valence-electron chi connectivity index (χ2n) is 8.71. The van der Waals surface area contributed by atoms with Crippen LogP contribution < -0.4 is 5.43 Å². The van der Waals surface area contributed by atoms with Crippen LogP contribution in [-0.2, 0) is 21.4 Å². The van der Waals surface area contributed by atoms with Gasteiger partial charge in [-0.05, 0) is 62.1 Å². The summed E-state index contributed by atoms with van der Waals surface area (Å²) in [5, 5.41) is 12.9. The monoisotopic (exact) mass is 507 g/mol. The van der Waals surface area contributed by atoms with E-state index >= 15 is 0 Å².